The molecule has 0 bridgehead atoms. The summed E-state index contributed by atoms with van der Waals surface area (Å²) in [7, 11) is 0. The molecule has 2 aromatic carbocycles. The van der Waals surface area contributed by atoms with Crippen LogP contribution in [0.1, 0.15) is 63.9 Å². The Bertz CT molecular complexity index is 879. The van der Waals surface area contributed by atoms with Crippen molar-refractivity contribution in [2.75, 3.05) is 0 Å². The minimum absolute atomic E-state index is 0.0927. The van der Waals surface area contributed by atoms with E-state index in [1.165, 1.54) is 43.9 Å². The number of fused-ring (bicyclic) bond motifs is 1. The lowest BCUT2D eigenvalue weighted by Crippen LogP contribution is -2.25. The van der Waals surface area contributed by atoms with Gasteiger partial charge in [0.05, 0.1) is 5.92 Å². The zero-order chi connectivity index (χ0) is 20.8. The first-order valence-corrected chi connectivity index (χ1v) is 10.4. The van der Waals surface area contributed by atoms with Gasteiger partial charge in [0.2, 0.25) is 0 Å². The summed E-state index contributed by atoms with van der Waals surface area (Å²) < 4.78 is 44.8. The second-order valence-corrected chi connectivity index (χ2v) is 7.92. The largest absolute Gasteiger partial charge is 0.426 e. The fourth-order valence-electron chi connectivity index (χ4n) is 4.15. The van der Waals surface area contributed by atoms with Gasteiger partial charge in [-0.15, -0.1) is 0 Å². The van der Waals surface area contributed by atoms with Crippen LogP contribution in [0.15, 0.2) is 36.4 Å². The Morgan fingerprint density at radius 1 is 1.10 bits per heavy atom. The Labute approximate surface area is 169 Å². The number of unbranched alkanes of at least 4 members (excludes halogenated alkanes) is 2. The van der Waals surface area contributed by atoms with Crippen molar-refractivity contribution in [1.29, 1.82) is 0 Å². The van der Waals surface area contributed by atoms with E-state index in [-0.39, 0.29) is 22.8 Å². The van der Waals surface area contributed by atoms with Crippen molar-refractivity contribution in [3.05, 3.63) is 47.8 Å². The van der Waals surface area contributed by atoms with Crippen molar-refractivity contribution < 1.29 is 22.7 Å². The average Bonchev–Trinajstić information content (AvgIpc) is 2.70. The van der Waals surface area contributed by atoms with Gasteiger partial charge in [0.25, 0.3) is 6.08 Å². The first-order valence-electron chi connectivity index (χ1n) is 10.4. The summed E-state index contributed by atoms with van der Waals surface area (Å²) in [6.45, 7) is 2.20. The van der Waals surface area contributed by atoms with E-state index in [9.17, 15) is 18.0 Å². The maximum Gasteiger partial charge on any atom is 0.314 e. The second-order valence-electron chi connectivity index (χ2n) is 7.92. The van der Waals surface area contributed by atoms with E-state index in [1.807, 2.05) is 0 Å². The van der Waals surface area contributed by atoms with Crippen molar-refractivity contribution in [3.63, 3.8) is 0 Å². The van der Waals surface area contributed by atoms with Gasteiger partial charge < -0.3 is 4.74 Å². The van der Waals surface area contributed by atoms with E-state index >= 15 is 0 Å². The molecule has 0 aromatic heterocycles. The molecular formula is C24H27F3O2. The van der Waals surface area contributed by atoms with Gasteiger partial charge in [-0.05, 0) is 55.2 Å². The number of esters is 1. The zero-order valence-electron chi connectivity index (χ0n) is 16.7. The summed E-state index contributed by atoms with van der Waals surface area (Å²) in [5.41, 5.74) is -0.169. The zero-order valence-corrected chi connectivity index (χ0v) is 16.7. The fraction of sp³-hybridized carbons (Fsp3) is 0.458. The first-order chi connectivity index (χ1) is 14.0. The van der Waals surface area contributed by atoms with Crippen molar-refractivity contribution in [2.24, 2.45) is 11.8 Å². The molecule has 3 rings (SSSR count). The Morgan fingerprint density at radius 3 is 2.55 bits per heavy atom. The highest BCUT2D eigenvalue weighted by molar-refractivity contribution is 5.87. The lowest BCUT2D eigenvalue weighted by Gasteiger charge is -2.27. The second kappa shape index (κ2) is 9.95. The molecule has 0 saturated heterocycles. The summed E-state index contributed by atoms with van der Waals surface area (Å²) >= 11 is 0. The lowest BCUT2D eigenvalue weighted by molar-refractivity contribution is -0.140. The first kappa shape index (κ1) is 21.4. The normalized spacial score (nSPS) is 19.2. The van der Waals surface area contributed by atoms with Crippen molar-refractivity contribution in [3.8, 4) is 5.75 Å². The fourth-order valence-corrected chi connectivity index (χ4v) is 4.15. The van der Waals surface area contributed by atoms with Crippen LogP contribution in [0.5, 0.6) is 5.75 Å². The molecule has 29 heavy (non-hydrogen) atoms. The van der Waals surface area contributed by atoms with Gasteiger partial charge in [-0.25, -0.2) is 4.39 Å². The monoisotopic (exact) mass is 404 g/mol. The summed E-state index contributed by atoms with van der Waals surface area (Å²) in [5.74, 6) is 0.0222. The molecule has 0 unspecified atom stereocenters. The van der Waals surface area contributed by atoms with Crippen molar-refractivity contribution >= 4 is 22.8 Å². The molecule has 0 N–H and O–H groups in total. The Morgan fingerprint density at radius 2 is 1.86 bits per heavy atom. The van der Waals surface area contributed by atoms with Crippen LogP contribution in [0.25, 0.3) is 16.8 Å². The third-order valence-electron chi connectivity index (χ3n) is 5.83. The van der Waals surface area contributed by atoms with Crippen LogP contribution in [-0.4, -0.2) is 5.97 Å². The molecule has 1 fully saturated rings. The molecule has 0 spiro atoms. The van der Waals surface area contributed by atoms with Crippen LogP contribution in [0.2, 0.25) is 0 Å². The van der Waals surface area contributed by atoms with E-state index in [1.54, 1.807) is 12.1 Å². The number of rotatable bonds is 7. The van der Waals surface area contributed by atoms with Crippen LogP contribution in [0, 0.1) is 17.7 Å². The van der Waals surface area contributed by atoms with E-state index in [4.69, 9.17) is 4.74 Å². The summed E-state index contributed by atoms with van der Waals surface area (Å²) in [4.78, 5) is 12.5. The Kier molecular flexibility index (Phi) is 7.34. The smallest absolute Gasteiger partial charge is 0.314 e. The van der Waals surface area contributed by atoms with Gasteiger partial charge in [0.15, 0.2) is 0 Å². The number of carbonyl (C=O) groups is 1. The maximum absolute atomic E-state index is 14.4. The van der Waals surface area contributed by atoms with Crippen LogP contribution in [0.3, 0.4) is 0 Å². The predicted octanol–water partition coefficient (Wildman–Crippen LogP) is 7.51. The van der Waals surface area contributed by atoms with Crippen LogP contribution in [0.4, 0.5) is 13.2 Å². The summed E-state index contributed by atoms with van der Waals surface area (Å²) in [6.07, 6.45) is 7.38. The molecule has 2 aromatic rings. The number of halogens is 3. The van der Waals surface area contributed by atoms with E-state index in [0.29, 0.717) is 23.1 Å². The van der Waals surface area contributed by atoms with Crippen LogP contribution < -0.4 is 4.74 Å². The van der Waals surface area contributed by atoms with E-state index < -0.39 is 11.9 Å². The molecule has 156 valence electrons. The molecule has 2 nitrogen and oxygen atoms in total. The summed E-state index contributed by atoms with van der Waals surface area (Å²) in [6, 6.07) is 7.39. The van der Waals surface area contributed by atoms with Gasteiger partial charge in [-0.3, -0.25) is 4.79 Å². The molecule has 0 radical (unpaired) electrons. The third kappa shape index (κ3) is 5.62. The number of carbonyl (C=O) groups excluding carboxylic acids is 1. The highest BCUT2D eigenvalue weighted by atomic mass is 19.3. The predicted molar refractivity (Wildman–Crippen MR) is 109 cm³/mol. The number of ether oxygens (including phenoxy) is 1. The maximum atomic E-state index is 14.4. The van der Waals surface area contributed by atoms with Gasteiger partial charge in [-0.1, -0.05) is 44.7 Å². The molecule has 1 aliphatic rings. The molecule has 5 heteroatoms. The molecule has 1 saturated carbocycles. The minimum Gasteiger partial charge on any atom is -0.426 e. The number of benzene rings is 2. The molecule has 0 amide bonds. The van der Waals surface area contributed by atoms with E-state index in [0.717, 1.165) is 25.7 Å². The third-order valence-corrected chi connectivity index (χ3v) is 5.83. The lowest BCUT2D eigenvalue weighted by atomic mass is 9.80. The standard InChI is InChI=1S/C24H27F3O2/c1-2-3-4-5-16-6-8-17(9-7-16)24(28)29-20-12-13-21-18(14-20)10-11-19(23(21)27)15-22(25)26/h10-17H,2-9H2,1H3. The van der Waals surface area contributed by atoms with Crippen molar-refractivity contribution in [1.82, 2.24) is 0 Å². The topological polar surface area (TPSA) is 26.3 Å². The van der Waals surface area contributed by atoms with Crippen molar-refractivity contribution in [2.45, 2.75) is 58.3 Å². The van der Waals surface area contributed by atoms with E-state index in [2.05, 4.69) is 6.92 Å². The number of hydrogen-bond donors (Lipinski definition) is 0. The van der Waals surface area contributed by atoms with Crippen LogP contribution in [-0.2, 0) is 4.79 Å². The highest BCUT2D eigenvalue weighted by Gasteiger charge is 2.27. The molecule has 0 aliphatic heterocycles. The SMILES string of the molecule is CCCCCC1CCC(C(=O)Oc2ccc3c(F)c(C=C(F)F)ccc3c2)CC1. The molecular weight excluding hydrogens is 377 g/mol. The van der Waals surface area contributed by atoms with Gasteiger partial charge in [-0.2, -0.15) is 8.78 Å². The Hall–Kier alpha value is -2.30. The average molecular weight is 404 g/mol. The number of hydrogen-bond acceptors (Lipinski definition) is 2. The quantitative estimate of drug-likeness (QED) is 0.271. The van der Waals surface area contributed by atoms with Crippen LogP contribution >= 0.6 is 0 Å². The summed E-state index contributed by atoms with van der Waals surface area (Å²) in [5, 5.41) is 0.719. The van der Waals surface area contributed by atoms with Gasteiger partial charge >= 0.3 is 5.97 Å². The molecule has 0 heterocycles. The molecule has 0 atom stereocenters. The van der Waals surface area contributed by atoms with Gasteiger partial charge in [0, 0.05) is 17.0 Å². The molecule has 1 aliphatic carbocycles. The van der Waals surface area contributed by atoms with Gasteiger partial charge in [0.1, 0.15) is 11.6 Å². The minimum atomic E-state index is -1.95. The highest BCUT2D eigenvalue weighted by Crippen LogP contribution is 2.33. The Balaban J connectivity index is 1.62.